The molecule has 2 aliphatic rings. The van der Waals surface area contributed by atoms with Gasteiger partial charge in [-0.1, -0.05) is 0 Å². The third-order valence-electron chi connectivity index (χ3n) is 3.68. The number of alkyl halides is 3. The lowest BCUT2D eigenvalue weighted by Crippen LogP contribution is -2.43. The zero-order chi connectivity index (χ0) is 14.9. The summed E-state index contributed by atoms with van der Waals surface area (Å²) in [5.41, 5.74) is -0.390. The molecule has 3 rings (SSSR count). The van der Waals surface area contributed by atoms with Crippen LogP contribution in [0.3, 0.4) is 0 Å². The smallest absolute Gasteiger partial charge is 0.416 e. The Balaban J connectivity index is 1.92. The van der Waals surface area contributed by atoms with Crippen LogP contribution in [-0.2, 0) is 12.7 Å². The minimum atomic E-state index is -4.39. The first kappa shape index (κ1) is 14.5. The molecule has 0 aromatic heterocycles. The highest BCUT2D eigenvalue weighted by Gasteiger charge is 2.35. The third-order valence-corrected chi connectivity index (χ3v) is 3.68. The van der Waals surface area contributed by atoms with Gasteiger partial charge in [0.1, 0.15) is 13.2 Å². The average Bonchev–Trinajstić information content (AvgIpc) is 2.46. The van der Waals surface area contributed by atoms with E-state index in [2.05, 4.69) is 5.32 Å². The van der Waals surface area contributed by atoms with Gasteiger partial charge >= 0.3 is 6.18 Å². The van der Waals surface area contributed by atoms with E-state index in [0.29, 0.717) is 12.4 Å². The van der Waals surface area contributed by atoms with Crippen molar-refractivity contribution in [3.8, 4) is 11.5 Å². The standard InChI is InChI=1S/C14H17F3N2O2/c15-14(16,17)11-8-13-12(20-5-6-21-13)7-10(11)9-19-3-1-18-2-4-19/h7-8,18H,1-6,9H2. The molecule has 7 heteroatoms. The van der Waals surface area contributed by atoms with Gasteiger partial charge in [-0.2, -0.15) is 13.2 Å². The van der Waals surface area contributed by atoms with Crippen molar-refractivity contribution in [3.05, 3.63) is 23.3 Å². The number of fused-ring (bicyclic) bond motifs is 1. The maximum atomic E-state index is 13.2. The fraction of sp³-hybridized carbons (Fsp3) is 0.571. The molecule has 1 aromatic rings. The van der Waals surface area contributed by atoms with Crippen LogP contribution in [-0.4, -0.2) is 44.3 Å². The molecular formula is C14H17F3N2O2. The maximum Gasteiger partial charge on any atom is 0.416 e. The summed E-state index contributed by atoms with van der Waals surface area (Å²) in [5.74, 6) is 0.581. The quantitative estimate of drug-likeness (QED) is 0.904. The fourth-order valence-corrected chi connectivity index (χ4v) is 2.64. The molecule has 1 aromatic carbocycles. The van der Waals surface area contributed by atoms with E-state index in [9.17, 15) is 13.2 Å². The number of ether oxygens (including phenoxy) is 2. The number of benzene rings is 1. The molecule has 1 fully saturated rings. The molecular weight excluding hydrogens is 285 g/mol. The van der Waals surface area contributed by atoms with Gasteiger partial charge in [0.15, 0.2) is 11.5 Å². The summed E-state index contributed by atoms with van der Waals surface area (Å²) in [6.07, 6.45) is -4.39. The molecule has 0 radical (unpaired) electrons. The molecule has 1 N–H and O–H groups in total. The lowest BCUT2D eigenvalue weighted by atomic mass is 10.0. The number of piperazine rings is 1. The predicted molar refractivity (Wildman–Crippen MR) is 70.6 cm³/mol. The van der Waals surface area contributed by atoms with Crippen LogP contribution in [0.25, 0.3) is 0 Å². The number of hydrogen-bond acceptors (Lipinski definition) is 4. The molecule has 0 unspecified atom stereocenters. The number of nitrogens with one attached hydrogen (secondary N) is 1. The first-order valence-electron chi connectivity index (χ1n) is 6.97. The summed E-state index contributed by atoms with van der Waals surface area (Å²) in [5, 5.41) is 3.19. The van der Waals surface area contributed by atoms with Crippen molar-refractivity contribution in [1.82, 2.24) is 10.2 Å². The highest BCUT2D eigenvalue weighted by Crippen LogP contribution is 2.40. The molecule has 2 heterocycles. The van der Waals surface area contributed by atoms with Gasteiger partial charge in [0.25, 0.3) is 0 Å². The van der Waals surface area contributed by atoms with Crippen LogP contribution in [0.15, 0.2) is 12.1 Å². The van der Waals surface area contributed by atoms with Crippen molar-refractivity contribution in [3.63, 3.8) is 0 Å². The average molecular weight is 302 g/mol. The summed E-state index contributed by atoms with van der Waals surface area (Å²) >= 11 is 0. The van der Waals surface area contributed by atoms with E-state index in [-0.39, 0.29) is 24.5 Å². The summed E-state index contributed by atoms with van der Waals surface area (Å²) in [6, 6.07) is 2.53. The molecule has 1 saturated heterocycles. The minimum Gasteiger partial charge on any atom is -0.486 e. The second kappa shape index (κ2) is 5.73. The molecule has 0 bridgehead atoms. The van der Waals surface area contributed by atoms with E-state index in [1.54, 1.807) is 0 Å². The predicted octanol–water partition coefficient (Wildman–Crippen LogP) is 1.88. The van der Waals surface area contributed by atoms with Crippen LogP contribution in [0, 0.1) is 0 Å². The topological polar surface area (TPSA) is 33.7 Å². The molecule has 0 aliphatic carbocycles. The van der Waals surface area contributed by atoms with E-state index < -0.39 is 11.7 Å². The SMILES string of the molecule is FC(F)(F)c1cc2c(cc1CN1CCNCC1)OCCO2. The molecule has 0 spiro atoms. The van der Waals surface area contributed by atoms with Gasteiger partial charge in [-0.05, 0) is 17.7 Å². The number of halogens is 3. The molecule has 0 atom stereocenters. The van der Waals surface area contributed by atoms with Crippen LogP contribution in [0.2, 0.25) is 0 Å². The summed E-state index contributed by atoms with van der Waals surface area (Å²) in [6.45, 7) is 4.00. The van der Waals surface area contributed by atoms with E-state index >= 15 is 0 Å². The lowest BCUT2D eigenvalue weighted by molar-refractivity contribution is -0.138. The Morgan fingerprint density at radius 3 is 2.29 bits per heavy atom. The molecule has 0 amide bonds. The van der Waals surface area contributed by atoms with Gasteiger partial charge in [0, 0.05) is 32.7 Å². The van der Waals surface area contributed by atoms with E-state index in [1.807, 2.05) is 4.90 Å². The van der Waals surface area contributed by atoms with Crippen LogP contribution in [0.1, 0.15) is 11.1 Å². The Labute approximate surface area is 120 Å². The number of nitrogens with zero attached hydrogens (tertiary/aromatic N) is 1. The highest BCUT2D eigenvalue weighted by molar-refractivity contribution is 5.49. The first-order valence-corrected chi connectivity index (χ1v) is 6.97. The highest BCUT2D eigenvalue weighted by atomic mass is 19.4. The van der Waals surface area contributed by atoms with Crippen LogP contribution < -0.4 is 14.8 Å². The van der Waals surface area contributed by atoms with Gasteiger partial charge in [0.05, 0.1) is 5.56 Å². The van der Waals surface area contributed by atoms with Crippen LogP contribution in [0.4, 0.5) is 13.2 Å². The Morgan fingerprint density at radius 2 is 1.67 bits per heavy atom. The monoisotopic (exact) mass is 302 g/mol. The lowest BCUT2D eigenvalue weighted by Gasteiger charge is -2.29. The van der Waals surface area contributed by atoms with E-state index in [4.69, 9.17) is 9.47 Å². The van der Waals surface area contributed by atoms with Gasteiger partial charge in [-0.3, -0.25) is 4.90 Å². The summed E-state index contributed by atoms with van der Waals surface area (Å²) in [4.78, 5) is 2.01. The van der Waals surface area contributed by atoms with Crippen molar-refractivity contribution >= 4 is 0 Å². The van der Waals surface area contributed by atoms with Crippen molar-refractivity contribution in [2.24, 2.45) is 0 Å². The van der Waals surface area contributed by atoms with Crippen molar-refractivity contribution in [2.75, 3.05) is 39.4 Å². The zero-order valence-corrected chi connectivity index (χ0v) is 11.5. The molecule has 4 nitrogen and oxygen atoms in total. The normalized spacial score (nSPS) is 19.6. The third kappa shape index (κ3) is 3.24. The molecule has 0 saturated carbocycles. The summed E-state index contributed by atoms with van der Waals surface area (Å²) < 4.78 is 50.4. The Hall–Kier alpha value is -1.47. The largest absolute Gasteiger partial charge is 0.486 e. The number of hydrogen-bond donors (Lipinski definition) is 1. The fourth-order valence-electron chi connectivity index (χ4n) is 2.64. The Kier molecular flexibility index (Phi) is 3.95. The second-order valence-electron chi connectivity index (χ2n) is 5.18. The van der Waals surface area contributed by atoms with Gasteiger partial charge < -0.3 is 14.8 Å². The van der Waals surface area contributed by atoms with Crippen molar-refractivity contribution in [1.29, 1.82) is 0 Å². The Bertz CT molecular complexity index is 514. The van der Waals surface area contributed by atoms with Gasteiger partial charge in [0.2, 0.25) is 0 Å². The van der Waals surface area contributed by atoms with Crippen LogP contribution >= 0.6 is 0 Å². The zero-order valence-electron chi connectivity index (χ0n) is 11.5. The van der Waals surface area contributed by atoms with Gasteiger partial charge in [-0.15, -0.1) is 0 Å². The molecule has 116 valence electrons. The van der Waals surface area contributed by atoms with E-state index in [1.165, 1.54) is 6.07 Å². The first-order chi connectivity index (χ1) is 10.0. The van der Waals surface area contributed by atoms with Crippen molar-refractivity contribution < 1.29 is 22.6 Å². The minimum absolute atomic E-state index is 0.178. The molecule has 2 aliphatic heterocycles. The maximum absolute atomic E-state index is 13.2. The van der Waals surface area contributed by atoms with Crippen LogP contribution in [0.5, 0.6) is 11.5 Å². The Morgan fingerprint density at radius 1 is 1.05 bits per heavy atom. The summed E-state index contributed by atoms with van der Waals surface area (Å²) in [7, 11) is 0. The molecule has 21 heavy (non-hydrogen) atoms. The number of rotatable bonds is 2. The second-order valence-corrected chi connectivity index (χ2v) is 5.18. The van der Waals surface area contributed by atoms with E-state index in [0.717, 1.165) is 32.2 Å². The van der Waals surface area contributed by atoms with Crippen molar-refractivity contribution in [2.45, 2.75) is 12.7 Å². The van der Waals surface area contributed by atoms with Gasteiger partial charge in [-0.25, -0.2) is 0 Å².